The van der Waals surface area contributed by atoms with E-state index in [2.05, 4.69) is 0 Å². The average Bonchev–Trinajstić information content (AvgIpc) is 2.47. The van der Waals surface area contributed by atoms with Crippen molar-refractivity contribution in [2.75, 3.05) is 0 Å². The monoisotopic (exact) mass is 184 g/mol. The molecule has 2 atom stereocenters. The molecule has 0 amide bonds. The molecule has 0 aromatic rings. The number of esters is 1. The molecule has 0 unspecified atom stereocenters. The second-order valence-corrected chi connectivity index (χ2v) is 3.47. The molecule has 0 bridgehead atoms. The number of hydrogen-bond acceptors (Lipinski definition) is 3. The minimum atomic E-state index is -0.468. The Hall–Kier alpha value is -0.860. The van der Waals surface area contributed by atoms with Crippen molar-refractivity contribution in [1.82, 2.24) is 0 Å². The van der Waals surface area contributed by atoms with Gasteiger partial charge in [0.05, 0.1) is 0 Å². The molecular weight excluding hydrogens is 168 g/mol. The molecule has 3 heteroatoms. The van der Waals surface area contributed by atoms with Gasteiger partial charge in [-0.1, -0.05) is 13.8 Å². The summed E-state index contributed by atoms with van der Waals surface area (Å²) in [7, 11) is 0. The lowest BCUT2D eigenvalue weighted by molar-refractivity contribution is -0.146. The first-order valence-corrected chi connectivity index (χ1v) is 4.92. The molecule has 1 saturated heterocycles. The van der Waals surface area contributed by atoms with Crippen LogP contribution in [-0.2, 0) is 14.3 Å². The summed E-state index contributed by atoms with van der Waals surface area (Å²) in [6.07, 6.45) is 2.67. The van der Waals surface area contributed by atoms with Gasteiger partial charge in [-0.05, 0) is 12.8 Å². The van der Waals surface area contributed by atoms with E-state index in [1.807, 2.05) is 13.8 Å². The van der Waals surface area contributed by atoms with Crippen molar-refractivity contribution in [2.45, 2.75) is 45.6 Å². The molecule has 0 aromatic heterocycles. The van der Waals surface area contributed by atoms with Crippen LogP contribution in [0.1, 0.15) is 39.5 Å². The Morgan fingerprint density at radius 2 is 2.23 bits per heavy atom. The van der Waals surface area contributed by atoms with Crippen LogP contribution in [0.2, 0.25) is 0 Å². The van der Waals surface area contributed by atoms with Crippen LogP contribution in [0.3, 0.4) is 0 Å². The van der Waals surface area contributed by atoms with Crippen molar-refractivity contribution in [3.63, 3.8) is 0 Å². The van der Waals surface area contributed by atoms with Crippen molar-refractivity contribution in [2.24, 2.45) is 5.92 Å². The van der Waals surface area contributed by atoms with Gasteiger partial charge in [0, 0.05) is 12.8 Å². The molecule has 1 aliphatic rings. The summed E-state index contributed by atoms with van der Waals surface area (Å²) in [5.74, 6) is -0.737. The fourth-order valence-electron chi connectivity index (χ4n) is 1.59. The fraction of sp³-hybridized carbons (Fsp3) is 0.800. The largest absolute Gasteiger partial charge is 0.462 e. The van der Waals surface area contributed by atoms with E-state index in [4.69, 9.17) is 4.74 Å². The SMILES string of the molecule is CCCC(=O)[C@@H]1C[C@@H](CC)OC1=O. The number of hydrogen-bond donors (Lipinski definition) is 0. The van der Waals surface area contributed by atoms with E-state index in [0.29, 0.717) is 12.8 Å². The molecular formula is C10H16O3. The lowest BCUT2D eigenvalue weighted by Gasteiger charge is -2.02. The first kappa shape index (κ1) is 10.2. The smallest absolute Gasteiger partial charge is 0.316 e. The van der Waals surface area contributed by atoms with Gasteiger partial charge in [-0.25, -0.2) is 0 Å². The first-order chi connectivity index (χ1) is 6.19. The van der Waals surface area contributed by atoms with Crippen LogP contribution in [0, 0.1) is 5.92 Å². The predicted molar refractivity (Wildman–Crippen MR) is 48.2 cm³/mol. The second kappa shape index (κ2) is 4.40. The Labute approximate surface area is 78.5 Å². The van der Waals surface area contributed by atoms with Gasteiger partial charge in [0.1, 0.15) is 17.8 Å². The van der Waals surface area contributed by atoms with E-state index in [9.17, 15) is 9.59 Å². The highest BCUT2D eigenvalue weighted by molar-refractivity contribution is 6.00. The summed E-state index contributed by atoms with van der Waals surface area (Å²) in [5.41, 5.74) is 0. The van der Waals surface area contributed by atoms with Gasteiger partial charge in [-0.3, -0.25) is 9.59 Å². The third-order valence-corrected chi connectivity index (χ3v) is 2.41. The summed E-state index contributed by atoms with van der Waals surface area (Å²) in [5, 5.41) is 0. The standard InChI is InChI=1S/C10H16O3/c1-3-5-9(11)8-6-7(4-2)13-10(8)12/h7-8H,3-6H2,1-2H3/t7-,8+/m1/s1. The van der Waals surface area contributed by atoms with E-state index in [1.54, 1.807) is 0 Å². The number of ketones is 1. The Morgan fingerprint density at radius 3 is 2.69 bits per heavy atom. The minimum Gasteiger partial charge on any atom is -0.462 e. The Balaban J connectivity index is 2.52. The molecule has 0 aliphatic carbocycles. The number of Topliss-reactive ketones (excluding diaryl/α,β-unsaturated/α-hetero) is 1. The van der Waals surface area contributed by atoms with Crippen LogP contribution in [0.4, 0.5) is 0 Å². The van der Waals surface area contributed by atoms with Crippen molar-refractivity contribution in [3.8, 4) is 0 Å². The van der Waals surface area contributed by atoms with Gasteiger partial charge < -0.3 is 4.74 Å². The molecule has 3 nitrogen and oxygen atoms in total. The van der Waals surface area contributed by atoms with Crippen molar-refractivity contribution in [3.05, 3.63) is 0 Å². The molecule has 1 heterocycles. The molecule has 13 heavy (non-hydrogen) atoms. The van der Waals surface area contributed by atoms with Gasteiger partial charge in [0.25, 0.3) is 0 Å². The van der Waals surface area contributed by atoms with Gasteiger partial charge >= 0.3 is 5.97 Å². The maximum absolute atomic E-state index is 11.4. The van der Waals surface area contributed by atoms with Crippen molar-refractivity contribution in [1.29, 1.82) is 0 Å². The number of rotatable bonds is 4. The highest BCUT2D eigenvalue weighted by Gasteiger charge is 2.37. The zero-order valence-electron chi connectivity index (χ0n) is 8.21. The zero-order valence-corrected chi connectivity index (χ0v) is 8.21. The number of carbonyl (C=O) groups excluding carboxylic acids is 2. The molecule has 1 fully saturated rings. The average molecular weight is 184 g/mol. The molecule has 0 spiro atoms. The molecule has 1 rings (SSSR count). The molecule has 0 saturated carbocycles. The maximum Gasteiger partial charge on any atom is 0.316 e. The third-order valence-electron chi connectivity index (χ3n) is 2.41. The first-order valence-electron chi connectivity index (χ1n) is 4.92. The van der Waals surface area contributed by atoms with Crippen LogP contribution < -0.4 is 0 Å². The molecule has 0 aromatic carbocycles. The van der Waals surface area contributed by atoms with Crippen LogP contribution in [0.15, 0.2) is 0 Å². The predicted octanol–water partition coefficient (Wildman–Crippen LogP) is 1.70. The van der Waals surface area contributed by atoms with Gasteiger partial charge in [-0.2, -0.15) is 0 Å². The highest BCUT2D eigenvalue weighted by atomic mass is 16.6. The normalized spacial score (nSPS) is 27.4. The lowest BCUT2D eigenvalue weighted by atomic mass is 9.96. The second-order valence-electron chi connectivity index (χ2n) is 3.47. The third kappa shape index (κ3) is 2.29. The lowest BCUT2D eigenvalue weighted by Crippen LogP contribution is -2.18. The van der Waals surface area contributed by atoms with Gasteiger partial charge in [0.2, 0.25) is 0 Å². The van der Waals surface area contributed by atoms with Crippen molar-refractivity contribution >= 4 is 11.8 Å². The Morgan fingerprint density at radius 1 is 1.54 bits per heavy atom. The van der Waals surface area contributed by atoms with E-state index in [-0.39, 0.29) is 17.9 Å². The summed E-state index contributed by atoms with van der Waals surface area (Å²) >= 11 is 0. The zero-order chi connectivity index (χ0) is 9.84. The van der Waals surface area contributed by atoms with Crippen LogP contribution in [-0.4, -0.2) is 17.9 Å². The maximum atomic E-state index is 11.4. The molecule has 0 N–H and O–H groups in total. The van der Waals surface area contributed by atoms with E-state index >= 15 is 0 Å². The number of cyclic esters (lactones) is 1. The van der Waals surface area contributed by atoms with E-state index < -0.39 is 5.92 Å². The fourth-order valence-corrected chi connectivity index (χ4v) is 1.59. The summed E-state index contributed by atoms with van der Waals surface area (Å²) in [4.78, 5) is 22.6. The number of ether oxygens (including phenoxy) is 1. The summed E-state index contributed by atoms with van der Waals surface area (Å²) in [6.45, 7) is 3.90. The summed E-state index contributed by atoms with van der Waals surface area (Å²) < 4.78 is 5.03. The Kier molecular flexibility index (Phi) is 3.46. The quantitative estimate of drug-likeness (QED) is 0.493. The molecule has 1 aliphatic heterocycles. The van der Waals surface area contributed by atoms with Crippen LogP contribution in [0.5, 0.6) is 0 Å². The van der Waals surface area contributed by atoms with Crippen molar-refractivity contribution < 1.29 is 14.3 Å². The van der Waals surface area contributed by atoms with Crippen LogP contribution >= 0.6 is 0 Å². The highest BCUT2D eigenvalue weighted by Crippen LogP contribution is 2.25. The van der Waals surface area contributed by atoms with E-state index in [1.165, 1.54) is 0 Å². The van der Waals surface area contributed by atoms with Gasteiger partial charge in [-0.15, -0.1) is 0 Å². The topological polar surface area (TPSA) is 43.4 Å². The van der Waals surface area contributed by atoms with Gasteiger partial charge in [0.15, 0.2) is 0 Å². The summed E-state index contributed by atoms with van der Waals surface area (Å²) in [6, 6.07) is 0. The molecule has 0 radical (unpaired) electrons. The molecule has 74 valence electrons. The number of carbonyl (C=O) groups is 2. The minimum absolute atomic E-state index is 0.0293. The van der Waals surface area contributed by atoms with E-state index in [0.717, 1.165) is 12.8 Å². The van der Waals surface area contributed by atoms with Crippen LogP contribution in [0.25, 0.3) is 0 Å². The Bertz CT molecular complexity index is 210.